The number of hydrogen-bond donors (Lipinski definition) is 4. The first-order chi connectivity index (χ1) is 10.0. The molecule has 9 nitrogen and oxygen atoms in total. The van der Waals surface area contributed by atoms with Crippen LogP contribution < -0.4 is 11.5 Å². The summed E-state index contributed by atoms with van der Waals surface area (Å²) >= 11 is 0. The molecule has 3 atom stereocenters. The van der Waals surface area contributed by atoms with Gasteiger partial charge in [-0.2, -0.15) is 5.10 Å². The summed E-state index contributed by atoms with van der Waals surface area (Å²) in [6.45, 7) is -0.198. The van der Waals surface area contributed by atoms with E-state index in [-0.39, 0.29) is 23.5 Å². The molecule has 112 valence electrons. The zero-order valence-electron chi connectivity index (χ0n) is 11.0. The average molecular weight is 293 g/mol. The predicted molar refractivity (Wildman–Crippen MR) is 71.2 cm³/mol. The summed E-state index contributed by atoms with van der Waals surface area (Å²) in [4.78, 5) is 15.4. The zero-order chi connectivity index (χ0) is 15.1. The van der Waals surface area contributed by atoms with Crippen LogP contribution in [0, 0.1) is 0 Å². The van der Waals surface area contributed by atoms with Crippen molar-refractivity contribution in [3.63, 3.8) is 0 Å². The second-order valence-electron chi connectivity index (χ2n) is 4.92. The summed E-state index contributed by atoms with van der Waals surface area (Å²) in [5.74, 6) is -0.567. The molecule has 1 aliphatic rings. The molecule has 9 heteroatoms. The van der Waals surface area contributed by atoms with Crippen molar-refractivity contribution in [1.29, 1.82) is 0 Å². The molecule has 0 aliphatic carbocycles. The molecule has 2 aromatic rings. The van der Waals surface area contributed by atoms with Crippen LogP contribution in [0.3, 0.4) is 0 Å². The molecule has 0 saturated carbocycles. The number of fused-ring (bicyclic) bond motifs is 1. The molecule has 0 spiro atoms. The fourth-order valence-electron chi connectivity index (χ4n) is 2.61. The number of aliphatic hydroxyl groups is 2. The Labute approximate surface area is 119 Å². The van der Waals surface area contributed by atoms with Crippen LogP contribution >= 0.6 is 0 Å². The largest absolute Gasteiger partial charge is 0.394 e. The molecule has 21 heavy (non-hydrogen) atoms. The molecule has 6 N–H and O–H groups in total. The van der Waals surface area contributed by atoms with Gasteiger partial charge in [-0.05, 0) is 6.07 Å². The Morgan fingerprint density at radius 2 is 2.33 bits per heavy atom. The molecule has 1 fully saturated rings. The van der Waals surface area contributed by atoms with Crippen LogP contribution in [0.2, 0.25) is 0 Å². The van der Waals surface area contributed by atoms with E-state index in [0.717, 1.165) is 0 Å². The summed E-state index contributed by atoms with van der Waals surface area (Å²) < 4.78 is 6.96. The number of carbonyl (C=O) groups is 1. The number of nitrogens with two attached hydrogens (primary N) is 2. The summed E-state index contributed by atoms with van der Waals surface area (Å²) in [7, 11) is 0. The van der Waals surface area contributed by atoms with Crippen molar-refractivity contribution in [3.05, 3.63) is 23.7 Å². The highest BCUT2D eigenvalue weighted by Gasteiger charge is 2.37. The Bertz CT molecular complexity index is 700. The maximum absolute atomic E-state index is 11.6. The van der Waals surface area contributed by atoms with Crippen LogP contribution in [0.4, 0.5) is 5.82 Å². The van der Waals surface area contributed by atoms with Gasteiger partial charge in [-0.25, -0.2) is 9.50 Å². The third kappa shape index (κ3) is 2.11. The van der Waals surface area contributed by atoms with Gasteiger partial charge in [0.2, 0.25) is 0 Å². The van der Waals surface area contributed by atoms with Crippen molar-refractivity contribution in [1.82, 2.24) is 14.6 Å². The number of rotatable bonds is 3. The summed E-state index contributed by atoms with van der Waals surface area (Å²) in [6.07, 6.45) is -0.483. The monoisotopic (exact) mass is 293 g/mol. The van der Waals surface area contributed by atoms with E-state index in [1.165, 1.54) is 16.9 Å². The Kier molecular flexibility index (Phi) is 3.24. The van der Waals surface area contributed by atoms with Crippen LogP contribution in [0.1, 0.15) is 28.6 Å². The number of amides is 1. The van der Waals surface area contributed by atoms with Crippen LogP contribution in [0.25, 0.3) is 5.52 Å². The van der Waals surface area contributed by atoms with E-state index >= 15 is 0 Å². The molecule has 2 aromatic heterocycles. The molecule has 0 unspecified atom stereocenters. The molecular formula is C12H15N5O4. The number of nitrogens with zero attached hydrogens (tertiary/aromatic N) is 3. The van der Waals surface area contributed by atoms with Crippen molar-refractivity contribution in [2.75, 3.05) is 12.3 Å². The van der Waals surface area contributed by atoms with E-state index in [4.69, 9.17) is 21.3 Å². The molecule has 3 rings (SSSR count). The number of hydrogen-bond acceptors (Lipinski definition) is 7. The molecule has 1 amide bonds. The smallest absolute Gasteiger partial charge is 0.251 e. The highest BCUT2D eigenvalue weighted by atomic mass is 16.5. The standard InChI is InChI=1S/C12H15N5O4/c13-11-9-6(12(14)20)2-7(17(9)16-4-15-11)10-8(19)1-5(3-18)21-10/h2,4-5,8,10,18-19H,1,3H2,(H2,14,20)(H2,13,15,16)/t5-,8-,10-/m0/s1. The molecule has 1 saturated heterocycles. The van der Waals surface area contributed by atoms with Gasteiger partial charge in [0.1, 0.15) is 17.9 Å². The Balaban J connectivity index is 2.16. The third-order valence-electron chi connectivity index (χ3n) is 3.56. The fraction of sp³-hybridized carbons (Fsp3) is 0.417. The van der Waals surface area contributed by atoms with Crippen molar-refractivity contribution in [2.24, 2.45) is 5.73 Å². The second kappa shape index (κ2) is 4.95. The zero-order valence-corrected chi connectivity index (χ0v) is 11.0. The second-order valence-corrected chi connectivity index (χ2v) is 4.92. The minimum absolute atomic E-state index is 0.108. The number of ether oxygens (including phenoxy) is 1. The SMILES string of the molecule is NC(=O)c1cc([C@@H]2O[C@H](CO)C[C@@H]2O)n2ncnc(N)c12. The fourth-order valence-corrected chi connectivity index (χ4v) is 2.61. The summed E-state index contributed by atoms with van der Waals surface area (Å²) in [6, 6.07) is 1.48. The number of aromatic nitrogens is 3. The maximum atomic E-state index is 11.6. The van der Waals surface area contributed by atoms with Crippen LogP contribution in [0.5, 0.6) is 0 Å². The number of carbonyl (C=O) groups excluding carboxylic acids is 1. The van der Waals surface area contributed by atoms with Crippen molar-refractivity contribution >= 4 is 17.2 Å². The molecule has 0 bridgehead atoms. The molecular weight excluding hydrogens is 278 g/mol. The normalized spacial score (nSPS) is 25.5. The first-order valence-corrected chi connectivity index (χ1v) is 6.39. The van der Waals surface area contributed by atoms with Gasteiger partial charge in [-0.1, -0.05) is 0 Å². The number of aliphatic hydroxyl groups excluding tert-OH is 2. The molecule has 1 aliphatic heterocycles. The highest BCUT2D eigenvalue weighted by molar-refractivity contribution is 6.02. The minimum atomic E-state index is -0.822. The van der Waals surface area contributed by atoms with E-state index in [1.807, 2.05) is 0 Å². The van der Waals surface area contributed by atoms with Gasteiger partial charge in [0.05, 0.1) is 30.1 Å². The van der Waals surface area contributed by atoms with Crippen LogP contribution in [0.15, 0.2) is 12.4 Å². The predicted octanol–water partition coefficient (Wildman–Crippen LogP) is -1.41. The van der Waals surface area contributed by atoms with Gasteiger partial charge in [0.25, 0.3) is 5.91 Å². The average Bonchev–Trinajstić information content (AvgIpc) is 3.00. The lowest BCUT2D eigenvalue weighted by Crippen LogP contribution is -2.15. The maximum Gasteiger partial charge on any atom is 0.251 e. The molecule has 0 radical (unpaired) electrons. The molecule has 0 aromatic carbocycles. The lowest BCUT2D eigenvalue weighted by molar-refractivity contribution is -0.0137. The van der Waals surface area contributed by atoms with Gasteiger partial charge >= 0.3 is 0 Å². The van der Waals surface area contributed by atoms with E-state index in [2.05, 4.69) is 10.1 Å². The van der Waals surface area contributed by atoms with Crippen molar-refractivity contribution in [2.45, 2.75) is 24.7 Å². The topological polar surface area (TPSA) is 149 Å². The third-order valence-corrected chi connectivity index (χ3v) is 3.56. The number of nitrogen functional groups attached to an aromatic ring is 1. The quantitative estimate of drug-likeness (QED) is 0.543. The van der Waals surface area contributed by atoms with Crippen molar-refractivity contribution < 1.29 is 19.7 Å². The van der Waals surface area contributed by atoms with Gasteiger partial charge in [-0.15, -0.1) is 0 Å². The summed E-state index contributed by atoms with van der Waals surface area (Å²) in [5, 5.41) is 23.3. The Hall–Kier alpha value is -2.23. The van der Waals surface area contributed by atoms with E-state index < -0.39 is 24.2 Å². The number of primary amides is 1. The summed E-state index contributed by atoms with van der Waals surface area (Å²) in [5.41, 5.74) is 12.0. The Morgan fingerprint density at radius 3 is 2.95 bits per heavy atom. The van der Waals surface area contributed by atoms with Gasteiger partial charge < -0.3 is 26.4 Å². The first kappa shape index (κ1) is 13.7. The van der Waals surface area contributed by atoms with E-state index in [0.29, 0.717) is 12.1 Å². The van der Waals surface area contributed by atoms with Crippen LogP contribution in [-0.4, -0.2) is 49.5 Å². The minimum Gasteiger partial charge on any atom is -0.394 e. The van der Waals surface area contributed by atoms with Crippen LogP contribution in [-0.2, 0) is 4.74 Å². The van der Waals surface area contributed by atoms with Gasteiger partial charge in [0.15, 0.2) is 5.82 Å². The van der Waals surface area contributed by atoms with Crippen molar-refractivity contribution in [3.8, 4) is 0 Å². The van der Waals surface area contributed by atoms with E-state index in [1.54, 1.807) is 0 Å². The Morgan fingerprint density at radius 1 is 1.57 bits per heavy atom. The lowest BCUT2D eigenvalue weighted by atomic mass is 10.1. The first-order valence-electron chi connectivity index (χ1n) is 6.39. The lowest BCUT2D eigenvalue weighted by Gasteiger charge is -2.14. The molecule has 3 heterocycles. The van der Waals surface area contributed by atoms with E-state index in [9.17, 15) is 9.90 Å². The van der Waals surface area contributed by atoms with Gasteiger partial charge in [-0.3, -0.25) is 4.79 Å². The highest BCUT2D eigenvalue weighted by Crippen LogP contribution is 2.35. The van der Waals surface area contributed by atoms with Gasteiger partial charge in [0, 0.05) is 6.42 Å². The number of anilines is 1.